The molecule has 0 saturated heterocycles. The molecule has 2 rings (SSSR count). The van der Waals surface area contributed by atoms with Crippen LogP contribution in [0.1, 0.15) is 39.0 Å². The zero-order valence-corrected chi connectivity index (χ0v) is 16.4. The van der Waals surface area contributed by atoms with E-state index in [9.17, 15) is 9.00 Å². The number of hydrogen-bond donors (Lipinski definition) is 1. The Kier molecular flexibility index (Phi) is 5.93. The summed E-state index contributed by atoms with van der Waals surface area (Å²) in [5.41, 5.74) is 2.70. The fourth-order valence-electron chi connectivity index (χ4n) is 2.06. The molecule has 1 aromatic heterocycles. The van der Waals surface area contributed by atoms with Crippen LogP contribution < -0.4 is 5.32 Å². The van der Waals surface area contributed by atoms with Crippen LogP contribution in [0.4, 0.5) is 0 Å². The number of thiazole rings is 1. The molecule has 0 spiro atoms. The molecule has 0 saturated carbocycles. The summed E-state index contributed by atoms with van der Waals surface area (Å²) in [7, 11) is -1.30. The number of carbonyl (C=O) groups is 1. The maximum absolute atomic E-state index is 12.4. The number of hydrogen-bond acceptors (Lipinski definition) is 4. The Balaban J connectivity index is 2.02. The maximum atomic E-state index is 12.4. The van der Waals surface area contributed by atoms with Crippen LogP contribution in [-0.4, -0.2) is 25.9 Å². The van der Waals surface area contributed by atoms with E-state index < -0.39 is 16.0 Å². The number of benzene rings is 1. The fourth-order valence-corrected chi connectivity index (χ4v) is 3.98. The van der Waals surface area contributed by atoms with E-state index in [1.54, 1.807) is 6.92 Å². The van der Waals surface area contributed by atoms with Crippen LogP contribution in [0, 0.1) is 6.92 Å². The Hall–Kier alpha value is -1.53. The van der Waals surface area contributed by atoms with Gasteiger partial charge in [0, 0.05) is 27.3 Å². The van der Waals surface area contributed by atoms with Gasteiger partial charge in [0.1, 0.15) is 10.3 Å². The van der Waals surface area contributed by atoms with Crippen LogP contribution in [0.3, 0.4) is 0 Å². The number of nitrogens with one attached hydrogen (secondary N) is 1. The van der Waals surface area contributed by atoms with E-state index in [4.69, 9.17) is 0 Å². The second-order valence-corrected chi connectivity index (χ2v) is 9.53. The number of aryl methyl sites for hydroxylation is 1. The third-order valence-electron chi connectivity index (χ3n) is 3.40. The normalized spacial score (nSPS) is 14.2. The van der Waals surface area contributed by atoms with Crippen molar-refractivity contribution < 1.29 is 9.00 Å². The highest BCUT2D eigenvalue weighted by molar-refractivity contribution is 7.85. The second-order valence-electron chi connectivity index (χ2n) is 6.92. The van der Waals surface area contributed by atoms with Crippen LogP contribution in [0.2, 0.25) is 0 Å². The van der Waals surface area contributed by atoms with Gasteiger partial charge in [-0.25, -0.2) is 4.98 Å². The first-order valence-corrected chi connectivity index (χ1v) is 10.1. The largest absolute Gasteiger partial charge is 0.350 e. The summed E-state index contributed by atoms with van der Waals surface area (Å²) in [6, 6.07) is 8.17. The molecule has 0 radical (unpaired) electrons. The second kappa shape index (κ2) is 7.57. The van der Waals surface area contributed by atoms with E-state index >= 15 is 0 Å². The highest BCUT2D eigenvalue weighted by Gasteiger charge is 2.24. The third-order valence-corrected chi connectivity index (χ3v) is 5.93. The molecule has 4 nitrogen and oxygen atoms in total. The van der Waals surface area contributed by atoms with Crippen molar-refractivity contribution in [2.75, 3.05) is 0 Å². The summed E-state index contributed by atoms with van der Waals surface area (Å²) in [5, 5.41) is 5.14. The molecule has 1 N–H and O–H groups in total. The SMILES string of the molecule is Cc1ccc(-c2nc(C[S@@](=O)[C@H](C)C(=O)NC(C)(C)C)cs2)cc1. The van der Waals surface area contributed by atoms with Gasteiger partial charge < -0.3 is 5.32 Å². The van der Waals surface area contributed by atoms with Gasteiger partial charge in [0.15, 0.2) is 0 Å². The number of nitrogens with zero attached hydrogens (tertiary/aromatic N) is 1. The lowest BCUT2D eigenvalue weighted by atomic mass is 10.1. The molecular weight excluding hydrogens is 340 g/mol. The lowest BCUT2D eigenvalue weighted by Gasteiger charge is -2.22. The number of aromatic nitrogens is 1. The minimum absolute atomic E-state index is 0.185. The van der Waals surface area contributed by atoms with E-state index in [0.717, 1.165) is 16.3 Å². The minimum atomic E-state index is -1.30. The zero-order valence-electron chi connectivity index (χ0n) is 14.8. The molecule has 2 atom stereocenters. The highest BCUT2D eigenvalue weighted by atomic mass is 32.2. The van der Waals surface area contributed by atoms with Gasteiger partial charge in [0.05, 0.1) is 11.4 Å². The van der Waals surface area contributed by atoms with Crippen LogP contribution in [0.15, 0.2) is 29.6 Å². The molecule has 24 heavy (non-hydrogen) atoms. The Morgan fingerprint density at radius 2 is 1.92 bits per heavy atom. The van der Waals surface area contributed by atoms with Gasteiger partial charge in [0.2, 0.25) is 5.91 Å². The molecule has 6 heteroatoms. The maximum Gasteiger partial charge on any atom is 0.235 e. The summed E-state index contributed by atoms with van der Waals surface area (Å²) in [5.74, 6) is 0.107. The molecular formula is C18H24N2O2S2. The molecule has 0 fully saturated rings. The first kappa shape index (κ1) is 18.8. The van der Waals surface area contributed by atoms with Crippen LogP contribution in [0.25, 0.3) is 10.6 Å². The quantitative estimate of drug-likeness (QED) is 0.880. The Labute approximate surface area is 150 Å². The Bertz CT molecular complexity index is 730. The molecule has 0 aliphatic heterocycles. The Morgan fingerprint density at radius 1 is 1.29 bits per heavy atom. The predicted molar refractivity (Wildman–Crippen MR) is 101 cm³/mol. The van der Waals surface area contributed by atoms with Gasteiger partial charge in [-0.1, -0.05) is 29.8 Å². The molecule has 0 aliphatic carbocycles. The fraction of sp³-hybridized carbons (Fsp3) is 0.444. The van der Waals surface area contributed by atoms with Gasteiger partial charge in [-0.3, -0.25) is 9.00 Å². The summed E-state index contributed by atoms with van der Waals surface area (Å²) in [6.45, 7) is 9.48. The number of carbonyl (C=O) groups excluding carboxylic acids is 1. The molecule has 2 aromatic rings. The van der Waals surface area contributed by atoms with Gasteiger partial charge in [0.25, 0.3) is 0 Å². The van der Waals surface area contributed by atoms with Crippen LogP contribution in [0.5, 0.6) is 0 Å². The number of amides is 1. The van der Waals surface area contributed by atoms with Crippen molar-refractivity contribution in [3.8, 4) is 10.6 Å². The summed E-state index contributed by atoms with van der Waals surface area (Å²) < 4.78 is 12.4. The van der Waals surface area contributed by atoms with Crippen molar-refractivity contribution in [3.05, 3.63) is 40.9 Å². The topological polar surface area (TPSA) is 59.1 Å². The summed E-state index contributed by atoms with van der Waals surface area (Å²) >= 11 is 1.53. The van der Waals surface area contributed by atoms with Crippen molar-refractivity contribution in [2.24, 2.45) is 0 Å². The molecule has 1 aromatic carbocycles. The molecule has 1 amide bonds. The monoisotopic (exact) mass is 364 g/mol. The smallest absolute Gasteiger partial charge is 0.235 e. The van der Waals surface area contributed by atoms with Crippen molar-refractivity contribution in [2.45, 2.75) is 51.2 Å². The van der Waals surface area contributed by atoms with Gasteiger partial charge in [-0.05, 0) is 34.6 Å². The third kappa shape index (κ3) is 5.24. The highest BCUT2D eigenvalue weighted by Crippen LogP contribution is 2.24. The van der Waals surface area contributed by atoms with Crippen LogP contribution in [-0.2, 0) is 21.3 Å². The molecule has 1 heterocycles. The van der Waals surface area contributed by atoms with E-state index in [2.05, 4.69) is 10.3 Å². The average molecular weight is 365 g/mol. The summed E-state index contributed by atoms with van der Waals surface area (Å²) in [6.07, 6.45) is 0. The number of rotatable bonds is 5. The predicted octanol–water partition coefficient (Wildman–Crippen LogP) is 3.67. The van der Waals surface area contributed by atoms with Gasteiger partial charge in [-0.2, -0.15) is 0 Å². The lowest BCUT2D eigenvalue weighted by Crippen LogP contribution is -2.46. The van der Waals surface area contributed by atoms with Crippen molar-refractivity contribution in [1.29, 1.82) is 0 Å². The standard InChI is InChI=1S/C18H24N2O2S2/c1-12-6-8-14(9-7-12)17-19-15(10-23-17)11-24(22)13(2)16(21)20-18(3,4)5/h6-10,13H,11H2,1-5H3,(H,20,21)/t13-,24-/m1/s1. The Morgan fingerprint density at radius 3 is 2.50 bits per heavy atom. The minimum Gasteiger partial charge on any atom is -0.350 e. The van der Waals surface area contributed by atoms with Gasteiger partial charge in [-0.15, -0.1) is 11.3 Å². The lowest BCUT2D eigenvalue weighted by molar-refractivity contribution is -0.121. The molecule has 0 unspecified atom stereocenters. The van der Waals surface area contributed by atoms with Crippen molar-refractivity contribution in [3.63, 3.8) is 0 Å². The van der Waals surface area contributed by atoms with Crippen molar-refractivity contribution in [1.82, 2.24) is 10.3 Å². The summed E-state index contributed by atoms with van der Waals surface area (Å²) in [4.78, 5) is 16.7. The zero-order chi connectivity index (χ0) is 17.9. The van der Waals surface area contributed by atoms with Gasteiger partial charge >= 0.3 is 0 Å². The van der Waals surface area contributed by atoms with E-state index in [0.29, 0.717) is 5.75 Å². The van der Waals surface area contributed by atoms with Crippen LogP contribution >= 0.6 is 11.3 Å². The molecule has 0 bridgehead atoms. The van der Waals surface area contributed by atoms with E-state index in [1.807, 2.05) is 57.3 Å². The molecule has 0 aliphatic rings. The first-order valence-electron chi connectivity index (χ1n) is 7.86. The van der Waals surface area contributed by atoms with E-state index in [-0.39, 0.29) is 11.4 Å². The van der Waals surface area contributed by atoms with Crippen molar-refractivity contribution >= 4 is 28.0 Å². The molecule has 130 valence electrons. The average Bonchev–Trinajstić information content (AvgIpc) is 2.93. The first-order chi connectivity index (χ1) is 11.2. The van der Waals surface area contributed by atoms with E-state index in [1.165, 1.54) is 16.9 Å².